The van der Waals surface area contributed by atoms with E-state index in [4.69, 9.17) is 5.73 Å². The molecule has 1 aromatic carbocycles. The number of rotatable bonds is 5. The lowest BCUT2D eigenvalue weighted by atomic mass is 9.62. The minimum absolute atomic E-state index is 0.399. The summed E-state index contributed by atoms with van der Waals surface area (Å²) in [7, 11) is 0. The molecule has 1 aromatic rings. The number of thioether (sulfide) groups is 1. The second kappa shape index (κ2) is 5.33. The molecule has 3 N–H and O–H groups in total. The molecule has 1 aliphatic carbocycles. The van der Waals surface area contributed by atoms with Gasteiger partial charge in [0.25, 0.3) is 0 Å². The van der Waals surface area contributed by atoms with E-state index >= 15 is 0 Å². The summed E-state index contributed by atoms with van der Waals surface area (Å²) in [5, 5.41) is 9.37. The zero-order valence-corrected chi connectivity index (χ0v) is 11.4. The number of carboxylic acid groups (broad SMARTS) is 1. The van der Waals surface area contributed by atoms with E-state index in [1.165, 1.54) is 4.90 Å². The molecule has 0 spiro atoms. The van der Waals surface area contributed by atoms with Crippen molar-refractivity contribution in [2.24, 2.45) is 11.1 Å². The summed E-state index contributed by atoms with van der Waals surface area (Å²) in [6, 6.07) is 7.58. The predicted octanol–water partition coefficient (Wildman–Crippen LogP) is 3.05. The lowest BCUT2D eigenvalue weighted by Gasteiger charge is -2.42. The Balaban J connectivity index is 2.17. The van der Waals surface area contributed by atoms with Crippen molar-refractivity contribution in [3.05, 3.63) is 29.8 Å². The van der Waals surface area contributed by atoms with Crippen LogP contribution >= 0.6 is 11.8 Å². The van der Waals surface area contributed by atoms with Crippen molar-refractivity contribution in [2.45, 2.75) is 37.1 Å². The molecule has 0 radical (unpaired) electrons. The summed E-state index contributed by atoms with van der Waals surface area (Å²) in [4.78, 5) is 12.6. The van der Waals surface area contributed by atoms with Gasteiger partial charge in [-0.05, 0) is 36.3 Å². The Kier molecular flexibility index (Phi) is 3.97. The topological polar surface area (TPSA) is 63.3 Å². The fraction of sp³-hybridized carbons (Fsp3) is 0.500. The van der Waals surface area contributed by atoms with E-state index in [9.17, 15) is 9.90 Å². The highest BCUT2D eigenvalue weighted by molar-refractivity contribution is 7.99. The van der Waals surface area contributed by atoms with Gasteiger partial charge in [0.2, 0.25) is 0 Å². The molecule has 18 heavy (non-hydrogen) atoms. The molecule has 0 aliphatic heterocycles. The second-order valence-corrected chi connectivity index (χ2v) is 6.13. The van der Waals surface area contributed by atoms with E-state index in [0.29, 0.717) is 12.8 Å². The van der Waals surface area contributed by atoms with Gasteiger partial charge in [-0.1, -0.05) is 25.5 Å². The number of benzene rings is 1. The first-order chi connectivity index (χ1) is 8.60. The largest absolute Gasteiger partial charge is 0.481 e. The third-order valence-electron chi connectivity index (χ3n) is 3.82. The van der Waals surface area contributed by atoms with Crippen LogP contribution in [0.5, 0.6) is 0 Å². The van der Waals surface area contributed by atoms with Crippen LogP contribution in [0.25, 0.3) is 0 Å². The molecule has 98 valence electrons. The van der Waals surface area contributed by atoms with E-state index in [1.54, 1.807) is 11.8 Å². The van der Waals surface area contributed by atoms with Gasteiger partial charge in [0.1, 0.15) is 0 Å². The van der Waals surface area contributed by atoms with Gasteiger partial charge in [-0.2, -0.15) is 0 Å². The molecule has 0 saturated heterocycles. The average molecular weight is 265 g/mol. The van der Waals surface area contributed by atoms with Crippen molar-refractivity contribution in [1.82, 2.24) is 0 Å². The SMILES string of the molecule is CCSc1ccc(C(N)C2(C(=O)O)CCC2)cc1. The number of hydrogen-bond donors (Lipinski definition) is 2. The Morgan fingerprint density at radius 2 is 2.06 bits per heavy atom. The van der Waals surface area contributed by atoms with Crippen LogP contribution < -0.4 is 5.73 Å². The number of carboxylic acids is 1. The third kappa shape index (κ3) is 2.27. The normalized spacial score (nSPS) is 19.0. The maximum atomic E-state index is 11.4. The van der Waals surface area contributed by atoms with Crippen LogP contribution in [-0.4, -0.2) is 16.8 Å². The van der Waals surface area contributed by atoms with Gasteiger partial charge in [-0.25, -0.2) is 0 Å². The van der Waals surface area contributed by atoms with Crippen LogP contribution in [0.1, 0.15) is 37.8 Å². The number of aliphatic carboxylic acids is 1. The highest BCUT2D eigenvalue weighted by Crippen LogP contribution is 2.49. The Bertz CT molecular complexity index is 426. The second-order valence-electron chi connectivity index (χ2n) is 4.79. The lowest BCUT2D eigenvalue weighted by Crippen LogP contribution is -2.46. The summed E-state index contributed by atoms with van der Waals surface area (Å²) in [5.41, 5.74) is 6.36. The fourth-order valence-corrected chi connectivity index (χ4v) is 3.13. The van der Waals surface area contributed by atoms with Crippen molar-refractivity contribution in [3.63, 3.8) is 0 Å². The van der Waals surface area contributed by atoms with Gasteiger partial charge in [-0.3, -0.25) is 4.79 Å². The Morgan fingerprint density at radius 3 is 2.44 bits per heavy atom. The molecular formula is C14H19NO2S. The first-order valence-electron chi connectivity index (χ1n) is 6.32. The van der Waals surface area contributed by atoms with E-state index in [1.807, 2.05) is 24.3 Å². The van der Waals surface area contributed by atoms with Crippen molar-refractivity contribution in [2.75, 3.05) is 5.75 Å². The van der Waals surface area contributed by atoms with Crippen LogP contribution in [0.2, 0.25) is 0 Å². The van der Waals surface area contributed by atoms with Crippen molar-refractivity contribution < 1.29 is 9.90 Å². The smallest absolute Gasteiger partial charge is 0.311 e. The first-order valence-corrected chi connectivity index (χ1v) is 7.30. The molecule has 0 bridgehead atoms. The van der Waals surface area contributed by atoms with Gasteiger partial charge in [0, 0.05) is 10.9 Å². The van der Waals surface area contributed by atoms with E-state index in [-0.39, 0.29) is 0 Å². The molecule has 4 heteroatoms. The minimum Gasteiger partial charge on any atom is -0.481 e. The highest BCUT2D eigenvalue weighted by atomic mass is 32.2. The van der Waals surface area contributed by atoms with Crippen LogP contribution in [0, 0.1) is 5.41 Å². The van der Waals surface area contributed by atoms with Crippen LogP contribution in [0.15, 0.2) is 29.2 Å². The Labute approximate surface area is 112 Å². The highest BCUT2D eigenvalue weighted by Gasteiger charge is 2.49. The number of carbonyl (C=O) groups is 1. The lowest BCUT2D eigenvalue weighted by molar-refractivity contribution is -0.156. The summed E-state index contributed by atoms with van der Waals surface area (Å²) in [6.45, 7) is 2.11. The van der Waals surface area contributed by atoms with Crippen molar-refractivity contribution in [3.8, 4) is 0 Å². The zero-order chi connectivity index (χ0) is 13.2. The molecule has 1 fully saturated rings. The molecule has 0 amide bonds. The van der Waals surface area contributed by atoms with Crippen molar-refractivity contribution in [1.29, 1.82) is 0 Å². The Hall–Kier alpha value is -1.00. The summed E-state index contributed by atoms with van der Waals surface area (Å²) in [6.07, 6.45) is 2.34. The van der Waals surface area contributed by atoms with Crippen LogP contribution in [-0.2, 0) is 4.79 Å². The molecule has 1 unspecified atom stereocenters. The zero-order valence-electron chi connectivity index (χ0n) is 10.6. The molecule has 1 atom stereocenters. The molecule has 1 aliphatic rings. The van der Waals surface area contributed by atoms with Gasteiger partial charge in [0.15, 0.2) is 0 Å². The monoisotopic (exact) mass is 265 g/mol. The molecule has 0 heterocycles. The standard InChI is InChI=1S/C14H19NO2S/c1-2-18-11-6-4-10(5-7-11)12(15)14(13(16)17)8-3-9-14/h4-7,12H,2-3,8-9,15H2,1H3,(H,16,17). The molecular weight excluding hydrogens is 246 g/mol. The van der Waals surface area contributed by atoms with Crippen molar-refractivity contribution >= 4 is 17.7 Å². The predicted molar refractivity (Wildman–Crippen MR) is 73.7 cm³/mol. The number of hydrogen-bond acceptors (Lipinski definition) is 3. The van der Waals surface area contributed by atoms with Crippen LogP contribution in [0.3, 0.4) is 0 Å². The van der Waals surface area contributed by atoms with Gasteiger partial charge < -0.3 is 10.8 Å². The van der Waals surface area contributed by atoms with Gasteiger partial charge in [0.05, 0.1) is 5.41 Å². The van der Waals surface area contributed by atoms with E-state index in [2.05, 4.69) is 6.92 Å². The minimum atomic E-state index is -0.756. The maximum absolute atomic E-state index is 11.4. The fourth-order valence-electron chi connectivity index (χ4n) is 2.47. The van der Waals surface area contributed by atoms with E-state index in [0.717, 1.165) is 17.7 Å². The molecule has 3 nitrogen and oxygen atoms in total. The quantitative estimate of drug-likeness (QED) is 0.803. The van der Waals surface area contributed by atoms with E-state index < -0.39 is 17.4 Å². The molecule has 1 saturated carbocycles. The third-order valence-corrected chi connectivity index (χ3v) is 4.71. The van der Waals surface area contributed by atoms with Crippen LogP contribution in [0.4, 0.5) is 0 Å². The average Bonchev–Trinajstić information content (AvgIpc) is 2.28. The summed E-state index contributed by atoms with van der Waals surface area (Å²) in [5.74, 6) is 0.276. The maximum Gasteiger partial charge on any atom is 0.311 e. The van der Waals surface area contributed by atoms with Gasteiger partial charge in [-0.15, -0.1) is 11.8 Å². The Morgan fingerprint density at radius 1 is 1.44 bits per heavy atom. The molecule has 0 aromatic heterocycles. The summed E-state index contributed by atoms with van der Waals surface area (Å²) < 4.78 is 0. The molecule has 2 rings (SSSR count). The number of nitrogens with two attached hydrogens (primary N) is 1. The first kappa shape index (κ1) is 13.4. The van der Waals surface area contributed by atoms with Gasteiger partial charge >= 0.3 is 5.97 Å². The summed E-state index contributed by atoms with van der Waals surface area (Å²) >= 11 is 1.77.